The summed E-state index contributed by atoms with van der Waals surface area (Å²) in [5.41, 5.74) is 0.805. The number of nitrogens with zero attached hydrogens (tertiary/aromatic N) is 1. The smallest absolute Gasteiger partial charge is 0.305 e. The molecule has 0 unspecified atom stereocenters. The van der Waals surface area contributed by atoms with Crippen LogP contribution < -0.4 is 9.47 Å². The third-order valence-corrected chi connectivity index (χ3v) is 5.71. The second kappa shape index (κ2) is 7.76. The monoisotopic (exact) mass is 443 g/mol. The van der Waals surface area contributed by atoms with Gasteiger partial charge in [-0.1, -0.05) is 39.9 Å². The Morgan fingerprint density at radius 2 is 2.16 bits per heavy atom. The number of hydrogen-bond acceptors (Lipinski definition) is 7. The van der Waals surface area contributed by atoms with Crippen molar-refractivity contribution in [3.63, 3.8) is 0 Å². The highest BCUT2D eigenvalue weighted by Crippen LogP contribution is 2.40. The zero-order chi connectivity index (χ0) is 18.0. The minimum Gasteiger partial charge on any atom is -0.469 e. The van der Waals surface area contributed by atoms with Crippen LogP contribution in [0.2, 0.25) is 0 Å². The number of methoxy groups -OCH3 is 1. The summed E-state index contributed by atoms with van der Waals surface area (Å²) in [5.74, 6) is 0.845. The number of esters is 1. The molecular formula is C16H14BrNO5S2. The lowest BCUT2D eigenvalue weighted by Crippen LogP contribution is -2.29. The molecule has 0 saturated carbocycles. The summed E-state index contributed by atoms with van der Waals surface area (Å²) in [4.78, 5) is 25.8. The SMILES string of the molecule is COC(=O)CCCN1C(=O)/C(=C/c2cc3c(cc2Br)OCO3)SC1=S. The molecule has 2 heterocycles. The third kappa shape index (κ3) is 3.99. The van der Waals surface area contributed by atoms with E-state index < -0.39 is 0 Å². The van der Waals surface area contributed by atoms with Gasteiger partial charge in [-0.15, -0.1) is 0 Å². The standard InChI is InChI=1S/C16H14BrNO5S2/c1-21-14(19)3-2-4-18-15(20)13(25-16(18)24)6-9-5-11-12(7-10(9)17)23-8-22-11/h5-7H,2-4,8H2,1H3/b13-6-. The fourth-order valence-corrected chi connectivity index (χ4v) is 4.10. The van der Waals surface area contributed by atoms with E-state index in [4.69, 9.17) is 21.7 Å². The topological polar surface area (TPSA) is 65.1 Å². The van der Waals surface area contributed by atoms with Gasteiger partial charge in [-0.2, -0.15) is 0 Å². The van der Waals surface area contributed by atoms with Gasteiger partial charge >= 0.3 is 5.97 Å². The first-order valence-corrected chi connectivity index (χ1v) is 9.42. The van der Waals surface area contributed by atoms with E-state index in [1.165, 1.54) is 23.8 Å². The number of amides is 1. The third-order valence-electron chi connectivity index (χ3n) is 3.64. The number of ether oxygens (including phenoxy) is 3. The Labute approximate surface area is 162 Å². The number of halogens is 1. The molecule has 1 saturated heterocycles. The number of thiocarbonyl (C=S) groups is 1. The second-order valence-corrected chi connectivity index (χ2v) is 7.77. The number of fused-ring (bicyclic) bond motifs is 1. The zero-order valence-electron chi connectivity index (χ0n) is 13.2. The summed E-state index contributed by atoms with van der Waals surface area (Å²) < 4.78 is 16.6. The molecule has 0 spiro atoms. The predicted octanol–water partition coefficient (Wildman–Crippen LogP) is 3.33. The van der Waals surface area contributed by atoms with Crippen LogP contribution in [-0.2, 0) is 14.3 Å². The van der Waals surface area contributed by atoms with Gasteiger partial charge in [0.1, 0.15) is 4.32 Å². The second-order valence-electron chi connectivity index (χ2n) is 5.24. The van der Waals surface area contributed by atoms with Gasteiger partial charge in [0.05, 0.1) is 12.0 Å². The minimum atomic E-state index is -0.301. The molecule has 0 aromatic heterocycles. The van der Waals surface area contributed by atoms with Crippen LogP contribution in [0.3, 0.4) is 0 Å². The molecule has 1 aromatic carbocycles. The Bertz CT molecular complexity index is 780. The lowest BCUT2D eigenvalue weighted by atomic mass is 10.2. The molecule has 0 aliphatic carbocycles. The maximum absolute atomic E-state index is 12.6. The van der Waals surface area contributed by atoms with Gasteiger partial charge < -0.3 is 14.2 Å². The Balaban J connectivity index is 1.73. The van der Waals surface area contributed by atoms with Crippen molar-refractivity contribution in [2.45, 2.75) is 12.8 Å². The molecule has 9 heteroatoms. The van der Waals surface area contributed by atoms with Crippen molar-refractivity contribution in [1.82, 2.24) is 4.90 Å². The summed E-state index contributed by atoms with van der Waals surface area (Å²) in [6.07, 6.45) is 2.52. The van der Waals surface area contributed by atoms with Gasteiger partial charge in [-0.25, -0.2) is 0 Å². The van der Waals surface area contributed by atoms with E-state index in [1.807, 2.05) is 12.1 Å². The zero-order valence-corrected chi connectivity index (χ0v) is 16.5. The Hall–Kier alpha value is -1.58. The summed E-state index contributed by atoms with van der Waals surface area (Å²) in [7, 11) is 1.34. The highest BCUT2D eigenvalue weighted by molar-refractivity contribution is 9.10. The van der Waals surface area contributed by atoms with E-state index in [9.17, 15) is 9.59 Å². The number of hydrogen-bond donors (Lipinski definition) is 0. The maximum Gasteiger partial charge on any atom is 0.305 e. The van der Waals surface area contributed by atoms with E-state index in [0.717, 1.165) is 10.0 Å². The first kappa shape index (κ1) is 18.2. The van der Waals surface area contributed by atoms with E-state index >= 15 is 0 Å². The maximum atomic E-state index is 12.6. The normalized spacial score (nSPS) is 17.5. The van der Waals surface area contributed by atoms with Crippen LogP contribution in [0, 0.1) is 0 Å². The number of rotatable bonds is 5. The molecule has 2 aliphatic rings. The first-order valence-electron chi connectivity index (χ1n) is 7.41. The average Bonchev–Trinajstić information content (AvgIpc) is 3.13. The van der Waals surface area contributed by atoms with Crippen molar-refractivity contribution >= 4 is 62.2 Å². The highest BCUT2D eigenvalue weighted by Gasteiger charge is 2.32. The van der Waals surface area contributed by atoms with Gasteiger partial charge in [-0.3, -0.25) is 14.5 Å². The summed E-state index contributed by atoms with van der Waals surface area (Å²) >= 11 is 10.0. The van der Waals surface area contributed by atoms with Crippen LogP contribution in [0.4, 0.5) is 0 Å². The predicted molar refractivity (Wildman–Crippen MR) is 101 cm³/mol. The van der Waals surface area contributed by atoms with Crippen LogP contribution in [-0.4, -0.2) is 41.5 Å². The van der Waals surface area contributed by atoms with Crippen LogP contribution in [0.5, 0.6) is 11.5 Å². The fraction of sp³-hybridized carbons (Fsp3) is 0.312. The van der Waals surface area contributed by atoms with Gasteiger partial charge in [0.2, 0.25) is 6.79 Å². The molecule has 132 valence electrons. The molecule has 25 heavy (non-hydrogen) atoms. The molecule has 0 atom stereocenters. The first-order chi connectivity index (χ1) is 12.0. The largest absolute Gasteiger partial charge is 0.469 e. The van der Waals surface area contributed by atoms with Crippen molar-refractivity contribution in [2.75, 3.05) is 20.4 Å². The van der Waals surface area contributed by atoms with Gasteiger partial charge in [0.15, 0.2) is 11.5 Å². The molecule has 1 aromatic rings. The van der Waals surface area contributed by atoms with E-state index in [1.54, 1.807) is 6.08 Å². The lowest BCUT2D eigenvalue weighted by molar-refractivity contribution is -0.141. The number of thioether (sulfide) groups is 1. The van der Waals surface area contributed by atoms with Crippen molar-refractivity contribution < 1.29 is 23.8 Å². The minimum absolute atomic E-state index is 0.163. The molecule has 6 nitrogen and oxygen atoms in total. The Kier molecular flexibility index (Phi) is 5.65. The molecule has 0 radical (unpaired) electrons. The molecular weight excluding hydrogens is 430 g/mol. The molecule has 3 rings (SSSR count). The molecule has 1 fully saturated rings. The summed E-state index contributed by atoms with van der Waals surface area (Å²) in [5, 5.41) is 0. The summed E-state index contributed by atoms with van der Waals surface area (Å²) in [6.45, 7) is 0.576. The van der Waals surface area contributed by atoms with Crippen molar-refractivity contribution in [3.8, 4) is 11.5 Å². The molecule has 0 N–H and O–H groups in total. The van der Waals surface area contributed by atoms with Crippen LogP contribution in [0.25, 0.3) is 6.08 Å². The van der Waals surface area contributed by atoms with E-state index in [2.05, 4.69) is 20.7 Å². The van der Waals surface area contributed by atoms with Gasteiger partial charge in [-0.05, 0) is 30.2 Å². The van der Waals surface area contributed by atoms with Crippen LogP contribution >= 0.6 is 39.9 Å². The number of carbonyl (C=O) groups excluding carboxylic acids is 2. The Morgan fingerprint density at radius 1 is 1.44 bits per heavy atom. The van der Waals surface area contributed by atoms with Crippen LogP contribution in [0.1, 0.15) is 18.4 Å². The van der Waals surface area contributed by atoms with Gasteiger partial charge in [0.25, 0.3) is 5.91 Å². The summed E-state index contributed by atoms with van der Waals surface area (Å²) in [6, 6.07) is 3.63. The van der Waals surface area contributed by atoms with E-state index in [-0.39, 0.29) is 25.1 Å². The van der Waals surface area contributed by atoms with Crippen molar-refractivity contribution in [2.24, 2.45) is 0 Å². The average molecular weight is 444 g/mol. The number of benzene rings is 1. The van der Waals surface area contributed by atoms with E-state index in [0.29, 0.717) is 33.7 Å². The highest BCUT2D eigenvalue weighted by atomic mass is 79.9. The molecule has 0 bridgehead atoms. The van der Waals surface area contributed by atoms with Gasteiger partial charge in [0, 0.05) is 17.4 Å². The molecule has 2 aliphatic heterocycles. The quantitative estimate of drug-likeness (QED) is 0.392. The fourth-order valence-electron chi connectivity index (χ4n) is 2.36. The van der Waals surface area contributed by atoms with Crippen molar-refractivity contribution in [3.05, 3.63) is 27.1 Å². The van der Waals surface area contributed by atoms with Crippen molar-refractivity contribution in [1.29, 1.82) is 0 Å². The van der Waals surface area contributed by atoms with Crippen LogP contribution in [0.15, 0.2) is 21.5 Å². The number of carbonyl (C=O) groups is 2. The Morgan fingerprint density at radius 3 is 2.88 bits per heavy atom. The molecule has 1 amide bonds. The lowest BCUT2D eigenvalue weighted by Gasteiger charge is -2.13.